The molecule has 0 bridgehead atoms. The van der Waals surface area contributed by atoms with E-state index in [0.29, 0.717) is 0 Å². The minimum Gasteiger partial charge on any atom is -0.497 e. The van der Waals surface area contributed by atoms with Gasteiger partial charge in [0.1, 0.15) is 5.75 Å². The molecule has 0 saturated carbocycles. The molecule has 0 spiro atoms. The maximum absolute atomic E-state index is 11.2. The van der Waals surface area contributed by atoms with Gasteiger partial charge in [-0.3, -0.25) is 4.79 Å². The van der Waals surface area contributed by atoms with Crippen LogP contribution in [0.2, 0.25) is 0 Å². The summed E-state index contributed by atoms with van der Waals surface area (Å²) < 4.78 is 6.14. The lowest BCUT2D eigenvalue weighted by atomic mass is 10.1. The zero-order valence-electron chi connectivity index (χ0n) is 7.85. The SMILES string of the molecule is COc1cc(I)c(C)c(C(C)=O)c1. The maximum Gasteiger partial charge on any atom is 0.160 e. The summed E-state index contributed by atoms with van der Waals surface area (Å²) in [6, 6.07) is 3.70. The predicted molar refractivity (Wildman–Crippen MR) is 60.5 cm³/mol. The van der Waals surface area contributed by atoms with Crippen molar-refractivity contribution in [1.82, 2.24) is 0 Å². The molecule has 0 N–H and O–H groups in total. The highest BCUT2D eigenvalue weighted by Crippen LogP contribution is 2.23. The molecule has 70 valence electrons. The Morgan fingerprint density at radius 1 is 1.46 bits per heavy atom. The van der Waals surface area contributed by atoms with E-state index in [1.165, 1.54) is 0 Å². The van der Waals surface area contributed by atoms with E-state index >= 15 is 0 Å². The van der Waals surface area contributed by atoms with E-state index in [1.807, 2.05) is 13.0 Å². The van der Waals surface area contributed by atoms with Crippen molar-refractivity contribution in [3.05, 3.63) is 26.8 Å². The first-order valence-electron chi connectivity index (χ1n) is 3.91. The molecule has 3 heteroatoms. The average Bonchev–Trinajstić information content (AvgIpc) is 2.09. The Morgan fingerprint density at radius 2 is 2.08 bits per heavy atom. The quantitative estimate of drug-likeness (QED) is 0.618. The molecule has 0 atom stereocenters. The first-order chi connectivity index (χ1) is 6.06. The second-order valence-electron chi connectivity index (χ2n) is 2.84. The van der Waals surface area contributed by atoms with Crippen LogP contribution < -0.4 is 4.74 Å². The van der Waals surface area contributed by atoms with Crippen LogP contribution in [-0.4, -0.2) is 12.9 Å². The molecule has 0 aromatic heterocycles. The normalized spacial score (nSPS) is 9.85. The number of ether oxygens (including phenoxy) is 1. The van der Waals surface area contributed by atoms with Crippen molar-refractivity contribution < 1.29 is 9.53 Å². The number of hydrogen-bond donors (Lipinski definition) is 0. The third-order valence-electron chi connectivity index (χ3n) is 1.93. The Hall–Kier alpha value is -0.580. The molecule has 0 amide bonds. The van der Waals surface area contributed by atoms with Gasteiger partial charge >= 0.3 is 0 Å². The number of benzene rings is 1. The fourth-order valence-electron chi connectivity index (χ4n) is 1.14. The largest absolute Gasteiger partial charge is 0.497 e. The Balaban J connectivity index is 3.33. The summed E-state index contributed by atoms with van der Waals surface area (Å²) >= 11 is 2.20. The molecule has 1 aromatic carbocycles. The topological polar surface area (TPSA) is 26.3 Å². The third kappa shape index (κ3) is 2.21. The first kappa shape index (κ1) is 10.5. The van der Waals surface area contributed by atoms with Crippen LogP contribution in [0.25, 0.3) is 0 Å². The van der Waals surface area contributed by atoms with Crippen LogP contribution in [0.15, 0.2) is 12.1 Å². The summed E-state index contributed by atoms with van der Waals surface area (Å²) in [7, 11) is 1.60. The molecule has 0 fully saturated rings. The van der Waals surface area contributed by atoms with Gasteiger partial charge in [-0.1, -0.05) is 0 Å². The molecule has 0 radical (unpaired) electrons. The fourth-order valence-corrected chi connectivity index (χ4v) is 1.73. The van der Waals surface area contributed by atoms with Crippen molar-refractivity contribution in [3.63, 3.8) is 0 Å². The van der Waals surface area contributed by atoms with E-state index < -0.39 is 0 Å². The first-order valence-corrected chi connectivity index (χ1v) is 4.99. The van der Waals surface area contributed by atoms with Crippen molar-refractivity contribution in [2.45, 2.75) is 13.8 Å². The standard InChI is InChI=1S/C10H11IO2/c1-6-9(7(2)12)4-8(13-3)5-10(6)11/h4-5H,1-3H3. The van der Waals surface area contributed by atoms with Crippen molar-refractivity contribution in [2.75, 3.05) is 7.11 Å². The van der Waals surface area contributed by atoms with Gasteiger partial charge in [0.15, 0.2) is 5.78 Å². The summed E-state index contributed by atoms with van der Waals surface area (Å²) in [6.07, 6.45) is 0. The summed E-state index contributed by atoms with van der Waals surface area (Å²) in [5.41, 5.74) is 1.76. The predicted octanol–water partition coefficient (Wildman–Crippen LogP) is 2.81. The molecular weight excluding hydrogens is 279 g/mol. The molecule has 1 rings (SSSR count). The second-order valence-corrected chi connectivity index (χ2v) is 4.00. The zero-order valence-corrected chi connectivity index (χ0v) is 10.0. The summed E-state index contributed by atoms with van der Waals surface area (Å²) in [4.78, 5) is 11.2. The van der Waals surface area contributed by atoms with Crippen molar-refractivity contribution in [2.24, 2.45) is 0 Å². The highest BCUT2D eigenvalue weighted by atomic mass is 127. The lowest BCUT2D eigenvalue weighted by Crippen LogP contribution is -1.99. The Bertz CT molecular complexity index is 345. The lowest BCUT2D eigenvalue weighted by Gasteiger charge is -2.07. The minimum atomic E-state index is 0.0781. The number of rotatable bonds is 2. The smallest absolute Gasteiger partial charge is 0.160 e. The van der Waals surface area contributed by atoms with Gasteiger partial charge in [-0.05, 0) is 54.1 Å². The van der Waals surface area contributed by atoms with Crippen LogP contribution in [0.4, 0.5) is 0 Å². The fraction of sp³-hybridized carbons (Fsp3) is 0.300. The van der Waals surface area contributed by atoms with Gasteiger partial charge in [0, 0.05) is 9.13 Å². The second kappa shape index (κ2) is 4.09. The maximum atomic E-state index is 11.2. The highest BCUT2D eigenvalue weighted by Gasteiger charge is 2.08. The Labute approximate surface area is 91.4 Å². The van der Waals surface area contributed by atoms with Crippen LogP contribution >= 0.6 is 22.6 Å². The van der Waals surface area contributed by atoms with Gasteiger partial charge in [-0.15, -0.1) is 0 Å². The third-order valence-corrected chi connectivity index (χ3v) is 3.05. The van der Waals surface area contributed by atoms with E-state index in [2.05, 4.69) is 22.6 Å². The number of carbonyl (C=O) groups is 1. The number of hydrogen-bond acceptors (Lipinski definition) is 2. The molecule has 1 aromatic rings. The molecule has 0 unspecified atom stereocenters. The molecule has 0 aliphatic rings. The van der Waals surface area contributed by atoms with Crippen LogP contribution in [-0.2, 0) is 0 Å². The molecule has 13 heavy (non-hydrogen) atoms. The number of carbonyl (C=O) groups excluding carboxylic acids is 1. The number of methoxy groups -OCH3 is 1. The molecular formula is C10H11IO2. The summed E-state index contributed by atoms with van der Waals surface area (Å²) in [6.45, 7) is 3.51. The van der Waals surface area contributed by atoms with Crippen LogP contribution in [0.1, 0.15) is 22.8 Å². The van der Waals surface area contributed by atoms with E-state index in [0.717, 1.165) is 20.4 Å². The van der Waals surface area contributed by atoms with Gasteiger partial charge in [-0.2, -0.15) is 0 Å². The van der Waals surface area contributed by atoms with Gasteiger partial charge in [0.25, 0.3) is 0 Å². The van der Waals surface area contributed by atoms with Crippen LogP contribution in [0.3, 0.4) is 0 Å². The molecule has 0 saturated heterocycles. The van der Waals surface area contributed by atoms with E-state index in [1.54, 1.807) is 20.1 Å². The molecule has 0 aliphatic heterocycles. The monoisotopic (exact) mass is 290 g/mol. The van der Waals surface area contributed by atoms with Crippen molar-refractivity contribution in [1.29, 1.82) is 0 Å². The van der Waals surface area contributed by atoms with Gasteiger partial charge in [-0.25, -0.2) is 0 Å². The molecule has 2 nitrogen and oxygen atoms in total. The zero-order chi connectivity index (χ0) is 10.0. The lowest BCUT2D eigenvalue weighted by molar-refractivity contribution is 0.101. The summed E-state index contributed by atoms with van der Waals surface area (Å²) in [5.74, 6) is 0.814. The number of ketones is 1. The molecule has 0 heterocycles. The van der Waals surface area contributed by atoms with Gasteiger partial charge < -0.3 is 4.74 Å². The number of Topliss-reactive ketones (excluding diaryl/α,β-unsaturated/α-hetero) is 1. The van der Waals surface area contributed by atoms with E-state index in [9.17, 15) is 4.79 Å². The van der Waals surface area contributed by atoms with E-state index in [4.69, 9.17) is 4.74 Å². The molecule has 0 aliphatic carbocycles. The Kier molecular flexibility index (Phi) is 3.30. The summed E-state index contributed by atoms with van der Waals surface area (Å²) in [5, 5.41) is 0. The Morgan fingerprint density at radius 3 is 2.54 bits per heavy atom. The number of halogens is 1. The van der Waals surface area contributed by atoms with Crippen molar-refractivity contribution >= 4 is 28.4 Å². The van der Waals surface area contributed by atoms with Crippen LogP contribution in [0.5, 0.6) is 5.75 Å². The van der Waals surface area contributed by atoms with Crippen molar-refractivity contribution in [3.8, 4) is 5.75 Å². The minimum absolute atomic E-state index is 0.0781. The average molecular weight is 290 g/mol. The van der Waals surface area contributed by atoms with E-state index in [-0.39, 0.29) is 5.78 Å². The van der Waals surface area contributed by atoms with Crippen LogP contribution in [0, 0.1) is 10.5 Å². The van der Waals surface area contributed by atoms with Gasteiger partial charge in [0.05, 0.1) is 7.11 Å². The van der Waals surface area contributed by atoms with Gasteiger partial charge in [0.2, 0.25) is 0 Å². The highest BCUT2D eigenvalue weighted by molar-refractivity contribution is 14.1.